The van der Waals surface area contributed by atoms with Crippen molar-refractivity contribution >= 4 is 29.4 Å². The summed E-state index contributed by atoms with van der Waals surface area (Å²) in [4.78, 5) is 65.8. The first kappa shape index (κ1) is 28.9. The Bertz CT molecular complexity index is 1230. The van der Waals surface area contributed by atoms with Gasteiger partial charge in [0.1, 0.15) is 17.7 Å². The van der Waals surface area contributed by atoms with E-state index in [0.717, 1.165) is 11.1 Å². The summed E-state index contributed by atoms with van der Waals surface area (Å²) in [5.41, 5.74) is 0.772. The molecule has 2 aliphatic heterocycles. The Hall–Kier alpha value is -4.05. The summed E-state index contributed by atoms with van der Waals surface area (Å²) in [6, 6.07) is 16.1. The molecule has 3 N–H and O–H groups in total. The molecule has 4 amide bonds. The van der Waals surface area contributed by atoms with Crippen LogP contribution in [0.15, 0.2) is 60.7 Å². The Morgan fingerprint density at radius 2 is 1.50 bits per heavy atom. The van der Waals surface area contributed by atoms with Crippen LogP contribution in [-0.4, -0.2) is 77.7 Å². The molecule has 0 aromatic heterocycles. The van der Waals surface area contributed by atoms with E-state index < -0.39 is 35.5 Å². The van der Waals surface area contributed by atoms with Crippen LogP contribution in [-0.2, 0) is 41.6 Å². The van der Waals surface area contributed by atoms with Crippen LogP contribution in [0.5, 0.6) is 0 Å². The first-order chi connectivity index (χ1) is 19.2. The first-order valence-corrected chi connectivity index (χ1v) is 13.6. The van der Waals surface area contributed by atoms with Crippen molar-refractivity contribution in [2.45, 2.75) is 63.3 Å². The summed E-state index contributed by atoms with van der Waals surface area (Å²) in [6.07, 6.45) is 1.56. The number of rotatable bonds is 12. The highest BCUT2D eigenvalue weighted by Crippen LogP contribution is 2.29. The van der Waals surface area contributed by atoms with Gasteiger partial charge in [-0.3, -0.25) is 24.0 Å². The quantitative estimate of drug-likeness (QED) is 0.338. The zero-order valence-corrected chi connectivity index (χ0v) is 22.9. The highest BCUT2D eigenvalue weighted by atomic mass is 16.6. The molecule has 212 valence electrons. The lowest BCUT2D eigenvalue weighted by molar-refractivity contribution is -0.139. The number of carbonyl (C=O) groups is 5. The van der Waals surface area contributed by atoms with E-state index in [1.807, 2.05) is 60.7 Å². The minimum atomic E-state index is -0.984. The van der Waals surface area contributed by atoms with E-state index in [4.69, 9.17) is 4.74 Å². The molecular weight excluding hydrogens is 512 g/mol. The van der Waals surface area contributed by atoms with Crippen molar-refractivity contribution in [1.82, 2.24) is 20.9 Å². The molecule has 0 aliphatic carbocycles. The summed E-state index contributed by atoms with van der Waals surface area (Å²) >= 11 is 0. The van der Waals surface area contributed by atoms with Crippen LogP contribution in [0.3, 0.4) is 0 Å². The largest absolute Gasteiger partial charge is 0.361 e. The van der Waals surface area contributed by atoms with E-state index in [-0.39, 0.29) is 37.0 Å². The second-order valence-electron chi connectivity index (χ2n) is 10.5. The topological polar surface area (TPSA) is 137 Å². The van der Waals surface area contributed by atoms with Gasteiger partial charge in [-0.05, 0) is 37.3 Å². The molecule has 4 atom stereocenters. The Kier molecular flexibility index (Phi) is 9.31. The maximum atomic E-state index is 13.7. The lowest BCUT2D eigenvalue weighted by Crippen LogP contribution is -2.57. The zero-order chi connectivity index (χ0) is 28.7. The molecule has 0 bridgehead atoms. The number of epoxide rings is 1. The minimum absolute atomic E-state index is 0.197. The van der Waals surface area contributed by atoms with Crippen LogP contribution in [0, 0.1) is 0 Å². The molecule has 2 aromatic carbocycles. The van der Waals surface area contributed by atoms with Gasteiger partial charge in [0.15, 0.2) is 5.78 Å². The summed E-state index contributed by atoms with van der Waals surface area (Å²) in [6.45, 7) is 3.51. The molecule has 0 spiro atoms. The first-order valence-electron chi connectivity index (χ1n) is 13.6. The molecule has 10 heteroatoms. The van der Waals surface area contributed by atoms with E-state index in [1.54, 1.807) is 6.92 Å². The lowest BCUT2D eigenvalue weighted by atomic mass is 9.94. The van der Waals surface area contributed by atoms with Crippen LogP contribution < -0.4 is 16.0 Å². The molecule has 2 saturated heterocycles. The highest BCUT2D eigenvalue weighted by Gasteiger charge is 2.50. The molecular formula is C30H36N4O6. The number of amides is 4. The van der Waals surface area contributed by atoms with Crippen LogP contribution in [0.25, 0.3) is 0 Å². The minimum Gasteiger partial charge on any atom is -0.361 e. The summed E-state index contributed by atoms with van der Waals surface area (Å²) in [5, 5.41) is 8.20. The van der Waals surface area contributed by atoms with Crippen LogP contribution >= 0.6 is 0 Å². The maximum absolute atomic E-state index is 13.7. The third-order valence-corrected chi connectivity index (χ3v) is 7.29. The number of ketones is 1. The number of ether oxygens (including phenoxy) is 1. The molecule has 40 heavy (non-hydrogen) atoms. The van der Waals surface area contributed by atoms with Gasteiger partial charge >= 0.3 is 0 Å². The monoisotopic (exact) mass is 548 g/mol. The van der Waals surface area contributed by atoms with Crippen molar-refractivity contribution in [1.29, 1.82) is 0 Å². The number of nitrogens with one attached hydrogen (secondary N) is 3. The summed E-state index contributed by atoms with van der Waals surface area (Å²) < 4.78 is 5.38. The van der Waals surface area contributed by atoms with E-state index in [9.17, 15) is 24.0 Å². The van der Waals surface area contributed by atoms with E-state index in [1.165, 1.54) is 11.8 Å². The van der Waals surface area contributed by atoms with Gasteiger partial charge < -0.3 is 25.6 Å². The highest BCUT2D eigenvalue weighted by molar-refractivity contribution is 5.98. The van der Waals surface area contributed by atoms with E-state index in [2.05, 4.69) is 16.0 Å². The van der Waals surface area contributed by atoms with Crippen molar-refractivity contribution in [2.75, 3.05) is 19.7 Å². The van der Waals surface area contributed by atoms with Gasteiger partial charge in [0.25, 0.3) is 0 Å². The van der Waals surface area contributed by atoms with Gasteiger partial charge in [0, 0.05) is 19.9 Å². The molecule has 10 nitrogen and oxygen atoms in total. The normalized spacial score (nSPS) is 21.1. The SMILES string of the molecule is CC(=O)NCC(=O)N1CCC[C@H]1C(=O)N[C@@H](Cc1ccccc1)C(=O)N[C@@H](Cc1ccccc1)C(=O)[C@@]1(C)CO1. The summed E-state index contributed by atoms with van der Waals surface area (Å²) in [7, 11) is 0. The average Bonchev–Trinajstić information content (AvgIpc) is 3.50. The number of hydrogen-bond donors (Lipinski definition) is 3. The van der Waals surface area contributed by atoms with E-state index >= 15 is 0 Å². The van der Waals surface area contributed by atoms with Crippen molar-refractivity contribution in [3.05, 3.63) is 71.8 Å². The van der Waals surface area contributed by atoms with Crippen molar-refractivity contribution < 1.29 is 28.7 Å². The lowest BCUT2D eigenvalue weighted by Gasteiger charge is -2.28. The smallest absolute Gasteiger partial charge is 0.243 e. The van der Waals surface area contributed by atoms with Gasteiger partial charge in [-0.25, -0.2) is 0 Å². The predicted molar refractivity (Wildman–Crippen MR) is 147 cm³/mol. The second kappa shape index (κ2) is 12.9. The fourth-order valence-corrected chi connectivity index (χ4v) is 4.92. The summed E-state index contributed by atoms with van der Waals surface area (Å²) in [5.74, 6) is -1.86. The third-order valence-electron chi connectivity index (χ3n) is 7.29. The molecule has 2 fully saturated rings. The molecule has 2 aliphatic rings. The Morgan fingerprint density at radius 1 is 0.925 bits per heavy atom. The molecule has 2 aromatic rings. The third kappa shape index (κ3) is 7.53. The van der Waals surface area contributed by atoms with Crippen molar-refractivity contribution in [3.63, 3.8) is 0 Å². The van der Waals surface area contributed by atoms with Gasteiger partial charge in [-0.1, -0.05) is 60.7 Å². The molecule has 0 saturated carbocycles. The van der Waals surface area contributed by atoms with Crippen LogP contribution in [0.2, 0.25) is 0 Å². The van der Waals surface area contributed by atoms with Gasteiger partial charge in [-0.2, -0.15) is 0 Å². The fraction of sp³-hybridized carbons (Fsp3) is 0.433. The van der Waals surface area contributed by atoms with Crippen molar-refractivity contribution in [3.8, 4) is 0 Å². The number of Topliss-reactive ketones (excluding diaryl/α,β-unsaturated/α-hetero) is 1. The number of nitrogens with zero attached hydrogens (tertiary/aromatic N) is 1. The van der Waals surface area contributed by atoms with Crippen LogP contribution in [0.4, 0.5) is 0 Å². The predicted octanol–water partition coefficient (Wildman–Crippen LogP) is 0.927. The molecule has 4 rings (SSSR count). The zero-order valence-electron chi connectivity index (χ0n) is 22.9. The van der Waals surface area contributed by atoms with Gasteiger partial charge in [0.05, 0.1) is 19.2 Å². The Labute approximate surface area is 233 Å². The van der Waals surface area contributed by atoms with Crippen molar-refractivity contribution in [2.24, 2.45) is 0 Å². The molecule has 0 unspecified atom stereocenters. The molecule has 0 radical (unpaired) electrons. The maximum Gasteiger partial charge on any atom is 0.243 e. The van der Waals surface area contributed by atoms with Crippen LogP contribution in [0.1, 0.15) is 37.8 Å². The van der Waals surface area contributed by atoms with E-state index in [0.29, 0.717) is 26.0 Å². The second-order valence-corrected chi connectivity index (χ2v) is 10.5. The number of hydrogen-bond acceptors (Lipinski definition) is 6. The Morgan fingerprint density at radius 3 is 2.05 bits per heavy atom. The average molecular weight is 549 g/mol. The fourth-order valence-electron chi connectivity index (χ4n) is 4.92. The molecule has 2 heterocycles. The number of benzene rings is 2. The number of likely N-dealkylation sites (tertiary alicyclic amines) is 1. The van der Waals surface area contributed by atoms with Gasteiger partial charge in [-0.15, -0.1) is 0 Å². The Balaban J connectivity index is 1.51. The standard InChI is InChI=1S/C30H36N4O6/c1-20(35)31-18-26(36)34-15-9-14-25(34)29(39)33-24(17-22-12-7-4-8-13-22)28(38)32-23(27(37)30(2)19-40-30)16-21-10-5-3-6-11-21/h3-8,10-13,23-25H,9,14-19H2,1-2H3,(H,31,35)(H,32,38)(H,33,39)/t23-,24-,25-,30+/m0/s1. The number of carbonyl (C=O) groups excluding carboxylic acids is 5. The van der Waals surface area contributed by atoms with Gasteiger partial charge in [0.2, 0.25) is 23.6 Å².